The molecule has 0 aliphatic carbocycles. The van der Waals surface area contributed by atoms with Crippen molar-refractivity contribution in [3.05, 3.63) is 46.7 Å². The molecule has 0 radical (unpaired) electrons. The number of rotatable bonds is 5. The van der Waals surface area contributed by atoms with Crippen molar-refractivity contribution in [3.8, 4) is 0 Å². The highest BCUT2D eigenvalue weighted by Gasteiger charge is 2.22. The number of aliphatic carboxylic acids is 1. The Balaban J connectivity index is 2.40. The van der Waals surface area contributed by atoms with Gasteiger partial charge in [0, 0.05) is 29.5 Å². The topological polar surface area (TPSA) is 58.4 Å². The maximum absolute atomic E-state index is 11.2. The first kappa shape index (κ1) is 15.4. The number of hydrogen-bond donors (Lipinski definition) is 1. The summed E-state index contributed by atoms with van der Waals surface area (Å²) in [7, 11) is 1.85. The maximum atomic E-state index is 11.2. The molecule has 0 aliphatic heterocycles. The minimum absolute atomic E-state index is 0.101. The van der Waals surface area contributed by atoms with Crippen LogP contribution >= 0.6 is 11.6 Å². The summed E-state index contributed by atoms with van der Waals surface area (Å²) in [5, 5.41) is 14.1. The fourth-order valence-corrected chi connectivity index (χ4v) is 2.63. The van der Waals surface area contributed by atoms with Gasteiger partial charge in [0.15, 0.2) is 0 Å². The Kier molecular flexibility index (Phi) is 4.53. The minimum Gasteiger partial charge on any atom is -0.480 e. The summed E-state index contributed by atoms with van der Waals surface area (Å²) < 4.78 is 1.73. The summed E-state index contributed by atoms with van der Waals surface area (Å²) in [6.07, 6.45) is 1.92. The van der Waals surface area contributed by atoms with Crippen LogP contribution in [0.2, 0.25) is 5.02 Å². The quantitative estimate of drug-likeness (QED) is 0.922. The lowest BCUT2D eigenvalue weighted by molar-refractivity contribution is -0.135. The summed E-state index contributed by atoms with van der Waals surface area (Å²) in [5.41, 5.74) is 2.67. The van der Waals surface area contributed by atoms with E-state index in [1.807, 2.05) is 39.2 Å². The third kappa shape index (κ3) is 3.55. The molecule has 1 unspecified atom stereocenters. The first-order valence-corrected chi connectivity index (χ1v) is 7.00. The van der Waals surface area contributed by atoms with Crippen LogP contribution in [0.3, 0.4) is 0 Å². The second-order valence-corrected chi connectivity index (χ2v) is 5.46. The lowest BCUT2D eigenvalue weighted by Crippen LogP contribution is -2.32. The molecule has 1 aromatic heterocycles. The summed E-state index contributed by atoms with van der Waals surface area (Å²) in [4.78, 5) is 13.0. The molecular weight excluding hydrogens is 290 g/mol. The number of aryl methyl sites for hydroxylation is 2. The lowest BCUT2D eigenvalue weighted by Gasteiger charge is -2.30. The number of carboxylic acids is 1. The molecule has 6 heteroatoms. The Morgan fingerprint density at radius 3 is 2.76 bits per heavy atom. The van der Waals surface area contributed by atoms with E-state index in [-0.39, 0.29) is 12.6 Å². The molecule has 5 nitrogen and oxygen atoms in total. The molecule has 0 amide bonds. The number of carbonyl (C=O) groups is 1. The number of anilines is 1. The van der Waals surface area contributed by atoms with Crippen molar-refractivity contribution in [2.75, 3.05) is 11.4 Å². The van der Waals surface area contributed by atoms with E-state index in [9.17, 15) is 9.90 Å². The van der Waals surface area contributed by atoms with Crippen LogP contribution in [0.15, 0.2) is 30.5 Å². The standard InChI is InChI=1S/C15H18ClN3O2/c1-10-14(8-18(3)17-10)11(2)19(9-15(20)21)13-6-4-5-12(16)7-13/h4-8,11H,9H2,1-3H3,(H,20,21). The monoisotopic (exact) mass is 307 g/mol. The molecule has 112 valence electrons. The van der Waals surface area contributed by atoms with Crippen LogP contribution in [-0.4, -0.2) is 27.4 Å². The lowest BCUT2D eigenvalue weighted by atomic mass is 10.1. The van der Waals surface area contributed by atoms with E-state index < -0.39 is 5.97 Å². The zero-order valence-corrected chi connectivity index (χ0v) is 13.0. The highest BCUT2D eigenvalue weighted by Crippen LogP contribution is 2.29. The molecule has 0 fully saturated rings. The van der Waals surface area contributed by atoms with Crippen molar-refractivity contribution in [1.29, 1.82) is 0 Å². The van der Waals surface area contributed by atoms with Gasteiger partial charge in [0.2, 0.25) is 0 Å². The van der Waals surface area contributed by atoms with Crippen molar-refractivity contribution >= 4 is 23.3 Å². The van der Waals surface area contributed by atoms with Crippen LogP contribution in [0.1, 0.15) is 24.2 Å². The van der Waals surface area contributed by atoms with E-state index in [1.54, 1.807) is 21.7 Å². The first-order valence-electron chi connectivity index (χ1n) is 6.62. The van der Waals surface area contributed by atoms with Crippen LogP contribution in [-0.2, 0) is 11.8 Å². The van der Waals surface area contributed by atoms with Gasteiger partial charge >= 0.3 is 5.97 Å². The smallest absolute Gasteiger partial charge is 0.323 e. The number of halogens is 1. The molecule has 0 saturated carbocycles. The van der Waals surface area contributed by atoms with E-state index in [0.717, 1.165) is 16.9 Å². The first-order chi connectivity index (χ1) is 9.88. The van der Waals surface area contributed by atoms with E-state index in [4.69, 9.17) is 11.6 Å². The highest BCUT2D eigenvalue weighted by atomic mass is 35.5. The summed E-state index contributed by atoms with van der Waals surface area (Å²) >= 11 is 6.02. The van der Waals surface area contributed by atoms with E-state index in [0.29, 0.717) is 5.02 Å². The van der Waals surface area contributed by atoms with E-state index in [1.165, 1.54) is 0 Å². The fourth-order valence-electron chi connectivity index (χ4n) is 2.45. The molecule has 0 spiro atoms. The maximum Gasteiger partial charge on any atom is 0.323 e. The summed E-state index contributed by atoms with van der Waals surface area (Å²) in [5.74, 6) is -0.886. The van der Waals surface area contributed by atoms with Gasteiger partial charge in [-0.05, 0) is 32.0 Å². The second kappa shape index (κ2) is 6.18. The predicted octanol–water partition coefficient (Wildman–Crippen LogP) is 3.03. The number of hydrogen-bond acceptors (Lipinski definition) is 3. The predicted molar refractivity (Wildman–Crippen MR) is 82.8 cm³/mol. The molecule has 1 atom stereocenters. The molecule has 1 N–H and O–H groups in total. The van der Waals surface area contributed by atoms with Gasteiger partial charge in [-0.1, -0.05) is 17.7 Å². The average molecular weight is 308 g/mol. The number of aromatic nitrogens is 2. The van der Waals surface area contributed by atoms with Gasteiger partial charge in [-0.25, -0.2) is 0 Å². The second-order valence-electron chi connectivity index (χ2n) is 5.02. The van der Waals surface area contributed by atoms with Crippen molar-refractivity contribution < 1.29 is 9.90 Å². The molecule has 21 heavy (non-hydrogen) atoms. The van der Waals surface area contributed by atoms with Crippen LogP contribution in [0.25, 0.3) is 0 Å². The SMILES string of the molecule is Cc1nn(C)cc1C(C)N(CC(=O)O)c1cccc(Cl)c1. The zero-order chi connectivity index (χ0) is 15.6. The Morgan fingerprint density at radius 1 is 1.52 bits per heavy atom. The molecule has 0 aliphatic rings. The molecule has 2 rings (SSSR count). The Bertz CT molecular complexity index is 654. The van der Waals surface area contributed by atoms with Gasteiger partial charge in [0.05, 0.1) is 11.7 Å². The summed E-state index contributed by atoms with van der Waals surface area (Å²) in [6, 6.07) is 7.09. The fraction of sp³-hybridized carbons (Fsp3) is 0.333. The molecular formula is C15H18ClN3O2. The normalized spacial score (nSPS) is 12.2. The third-order valence-electron chi connectivity index (χ3n) is 3.41. The van der Waals surface area contributed by atoms with Crippen molar-refractivity contribution in [1.82, 2.24) is 9.78 Å². The Hall–Kier alpha value is -2.01. The van der Waals surface area contributed by atoms with Crippen LogP contribution in [0.4, 0.5) is 5.69 Å². The molecule has 1 heterocycles. The third-order valence-corrected chi connectivity index (χ3v) is 3.65. The largest absolute Gasteiger partial charge is 0.480 e. The Morgan fingerprint density at radius 2 is 2.24 bits per heavy atom. The molecule has 0 saturated heterocycles. The van der Waals surface area contributed by atoms with Gasteiger partial charge in [-0.15, -0.1) is 0 Å². The number of carboxylic acid groups (broad SMARTS) is 1. The van der Waals surface area contributed by atoms with Crippen molar-refractivity contribution in [3.63, 3.8) is 0 Å². The van der Waals surface area contributed by atoms with Crippen molar-refractivity contribution in [2.24, 2.45) is 7.05 Å². The van der Waals surface area contributed by atoms with Crippen LogP contribution in [0, 0.1) is 6.92 Å². The van der Waals surface area contributed by atoms with Crippen LogP contribution in [0.5, 0.6) is 0 Å². The number of benzene rings is 1. The van der Waals surface area contributed by atoms with Gasteiger partial charge in [-0.2, -0.15) is 5.10 Å². The summed E-state index contributed by atoms with van der Waals surface area (Å²) in [6.45, 7) is 3.78. The minimum atomic E-state index is -0.886. The highest BCUT2D eigenvalue weighted by molar-refractivity contribution is 6.30. The van der Waals surface area contributed by atoms with Gasteiger partial charge < -0.3 is 10.0 Å². The molecule has 0 bridgehead atoms. The van der Waals surface area contributed by atoms with E-state index in [2.05, 4.69) is 5.10 Å². The van der Waals surface area contributed by atoms with Crippen molar-refractivity contribution in [2.45, 2.75) is 19.9 Å². The van der Waals surface area contributed by atoms with Gasteiger partial charge in [0.1, 0.15) is 6.54 Å². The van der Waals surface area contributed by atoms with E-state index >= 15 is 0 Å². The number of nitrogens with zero attached hydrogens (tertiary/aromatic N) is 3. The van der Waals surface area contributed by atoms with Crippen LogP contribution < -0.4 is 4.90 Å². The molecule has 1 aromatic carbocycles. The van der Waals surface area contributed by atoms with Gasteiger partial charge in [0.25, 0.3) is 0 Å². The molecule has 2 aromatic rings. The Labute approximate surface area is 128 Å². The zero-order valence-electron chi connectivity index (χ0n) is 12.2. The average Bonchev–Trinajstić information content (AvgIpc) is 2.74. The van der Waals surface area contributed by atoms with Gasteiger partial charge in [-0.3, -0.25) is 9.48 Å².